The maximum atomic E-state index is 14.4. The molecule has 3 heterocycles. The quantitative estimate of drug-likeness (QED) is 0.916. The highest BCUT2D eigenvalue weighted by Gasteiger charge is 2.29. The van der Waals surface area contributed by atoms with Gasteiger partial charge in [-0.15, -0.1) is 0 Å². The Morgan fingerprint density at radius 3 is 2.76 bits per heavy atom. The molecule has 0 unspecified atom stereocenters. The van der Waals surface area contributed by atoms with Gasteiger partial charge in [-0.1, -0.05) is 19.1 Å². The summed E-state index contributed by atoms with van der Waals surface area (Å²) in [6, 6.07) is 6.94. The van der Waals surface area contributed by atoms with Crippen LogP contribution in [0.3, 0.4) is 0 Å². The summed E-state index contributed by atoms with van der Waals surface area (Å²) in [6.07, 6.45) is 5.66. The van der Waals surface area contributed by atoms with E-state index in [4.69, 9.17) is 5.10 Å². The van der Waals surface area contributed by atoms with Gasteiger partial charge in [-0.25, -0.2) is 9.07 Å². The Hall–Kier alpha value is -1.88. The molecule has 1 aromatic heterocycles. The molecule has 2 aliphatic rings. The first kappa shape index (κ1) is 16.6. The fourth-order valence-electron chi connectivity index (χ4n) is 4.18. The number of hydrogen-bond acceptors (Lipinski definition) is 3. The number of halogens is 1. The first-order valence-electron chi connectivity index (χ1n) is 9.61. The van der Waals surface area contributed by atoms with Gasteiger partial charge in [0, 0.05) is 18.0 Å². The second-order valence-corrected chi connectivity index (χ2v) is 7.17. The number of aromatic nitrogens is 2. The number of piperidine rings is 1. The van der Waals surface area contributed by atoms with Crippen molar-refractivity contribution in [3.8, 4) is 5.69 Å². The molecule has 4 nitrogen and oxygen atoms in total. The third-order valence-electron chi connectivity index (χ3n) is 5.66. The topological polar surface area (TPSA) is 33.1 Å². The van der Waals surface area contributed by atoms with E-state index in [9.17, 15) is 4.39 Å². The molecule has 1 saturated heterocycles. The minimum atomic E-state index is -0.216. The fourth-order valence-corrected chi connectivity index (χ4v) is 4.18. The van der Waals surface area contributed by atoms with Crippen molar-refractivity contribution in [1.82, 2.24) is 14.7 Å². The molecule has 2 aliphatic heterocycles. The molecule has 0 spiro atoms. The number of nitrogens with zero attached hydrogens (tertiary/aromatic N) is 3. The van der Waals surface area contributed by atoms with E-state index in [-0.39, 0.29) is 5.82 Å². The van der Waals surface area contributed by atoms with Crippen molar-refractivity contribution in [3.63, 3.8) is 0 Å². The number of para-hydroxylation sites is 1. The molecule has 0 atom stereocenters. The summed E-state index contributed by atoms with van der Waals surface area (Å²) in [5, 5.41) is 8.46. The van der Waals surface area contributed by atoms with E-state index in [0.29, 0.717) is 11.6 Å². The maximum Gasteiger partial charge on any atom is 0.148 e. The highest BCUT2D eigenvalue weighted by Crippen LogP contribution is 2.36. The first-order chi connectivity index (χ1) is 12.3. The van der Waals surface area contributed by atoms with Gasteiger partial charge in [0.2, 0.25) is 0 Å². The van der Waals surface area contributed by atoms with E-state index >= 15 is 0 Å². The minimum Gasteiger partial charge on any atom is -0.370 e. The Morgan fingerprint density at radius 2 is 2.00 bits per heavy atom. The van der Waals surface area contributed by atoms with E-state index in [1.807, 2.05) is 16.8 Å². The van der Waals surface area contributed by atoms with Crippen molar-refractivity contribution in [2.75, 3.05) is 31.5 Å². The predicted molar refractivity (Wildman–Crippen MR) is 99.0 cm³/mol. The summed E-state index contributed by atoms with van der Waals surface area (Å²) >= 11 is 0. The van der Waals surface area contributed by atoms with Gasteiger partial charge in [-0.3, -0.25) is 0 Å². The van der Waals surface area contributed by atoms with E-state index in [1.54, 1.807) is 6.07 Å². The normalized spacial score (nSPS) is 19.3. The van der Waals surface area contributed by atoms with E-state index in [1.165, 1.54) is 23.7 Å². The standard InChI is InChI=1S/C20H27FN4/c1-2-24-13-10-15(11-14-24)19-16-7-5-6-12-22-20(16)25(23-19)18-9-4-3-8-17(18)21/h3-4,8-9,15,22H,2,5-7,10-14H2,1H3. The van der Waals surface area contributed by atoms with Crippen LogP contribution in [0, 0.1) is 5.82 Å². The number of likely N-dealkylation sites (tertiary alicyclic amines) is 1. The smallest absolute Gasteiger partial charge is 0.148 e. The molecular formula is C20H27FN4. The predicted octanol–water partition coefficient (Wildman–Crippen LogP) is 3.96. The minimum absolute atomic E-state index is 0.216. The van der Waals surface area contributed by atoms with Crippen molar-refractivity contribution < 1.29 is 4.39 Å². The zero-order chi connectivity index (χ0) is 17.2. The number of rotatable bonds is 3. The second kappa shape index (κ2) is 7.16. The monoisotopic (exact) mass is 342 g/mol. The molecule has 1 N–H and O–H groups in total. The van der Waals surface area contributed by atoms with Crippen molar-refractivity contribution in [2.24, 2.45) is 0 Å². The Bertz CT molecular complexity index is 731. The van der Waals surface area contributed by atoms with Crippen LogP contribution in [-0.2, 0) is 6.42 Å². The number of fused-ring (bicyclic) bond motifs is 1. The van der Waals surface area contributed by atoms with Crippen LogP contribution in [-0.4, -0.2) is 40.9 Å². The van der Waals surface area contributed by atoms with Crippen molar-refractivity contribution in [1.29, 1.82) is 0 Å². The summed E-state index contributed by atoms with van der Waals surface area (Å²) in [5.41, 5.74) is 3.06. The molecule has 0 saturated carbocycles. The van der Waals surface area contributed by atoms with Gasteiger partial charge in [-0.05, 0) is 63.9 Å². The third kappa shape index (κ3) is 3.17. The van der Waals surface area contributed by atoms with Crippen LogP contribution < -0.4 is 5.32 Å². The van der Waals surface area contributed by atoms with Gasteiger partial charge < -0.3 is 10.2 Å². The van der Waals surface area contributed by atoms with Crippen LogP contribution in [0.2, 0.25) is 0 Å². The summed E-state index contributed by atoms with van der Waals surface area (Å²) in [5.74, 6) is 1.28. The molecule has 4 rings (SSSR count). The zero-order valence-corrected chi connectivity index (χ0v) is 15.0. The number of nitrogens with one attached hydrogen (secondary N) is 1. The molecule has 5 heteroatoms. The summed E-state index contributed by atoms with van der Waals surface area (Å²) in [7, 11) is 0. The van der Waals surface area contributed by atoms with E-state index in [0.717, 1.165) is 57.7 Å². The molecule has 25 heavy (non-hydrogen) atoms. The van der Waals surface area contributed by atoms with Crippen molar-refractivity contribution in [2.45, 2.75) is 44.9 Å². The first-order valence-corrected chi connectivity index (χ1v) is 9.61. The van der Waals surface area contributed by atoms with Gasteiger partial charge in [0.25, 0.3) is 0 Å². The molecule has 0 amide bonds. The van der Waals surface area contributed by atoms with Crippen molar-refractivity contribution >= 4 is 5.82 Å². The summed E-state index contributed by atoms with van der Waals surface area (Å²) in [4.78, 5) is 2.50. The van der Waals surface area contributed by atoms with Crippen LogP contribution in [0.1, 0.15) is 49.8 Å². The third-order valence-corrected chi connectivity index (χ3v) is 5.66. The van der Waals surface area contributed by atoms with E-state index in [2.05, 4.69) is 17.1 Å². The Balaban J connectivity index is 1.74. The molecule has 2 aromatic rings. The average Bonchev–Trinajstić information content (AvgIpc) is 2.83. The second-order valence-electron chi connectivity index (χ2n) is 7.17. The molecule has 1 fully saturated rings. The van der Waals surface area contributed by atoms with Gasteiger partial charge in [0.1, 0.15) is 17.3 Å². The Kier molecular flexibility index (Phi) is 4.75. The molecule has 134 valence electrons. The van der Waals surface area contributed by atoms with Crippen LogP contribution in [0.4, 0.5) is 10.2 Å². The van der Waals surface area contributed by atoms with Gasteiger partial charge >= 0.3 is 0 Å². The Labute approximate surface area is 149 Å². The van der Waals surface area contributed by atoms with Crippen LogP contribution >= 0.6 is 0 Å². The average molecular weight is 342 g/mol. The van der Waals surface area contributed by atoms with Gasteiger partial charge in [0.05, 0.1) is 5.69 Å². The van der Waals surface area contributed by atoms with E-state index < -0.39 is 0 Å². The van der Waals surface area contributed by atoms with Crippen molar-refractivity contribution in [3.05, 3.63) is 41.3 Å². The maximum absolute atomic E-state index is 14.4. The SMILES string of the molecule is CCN1CCC(c2nn(-c3ccccc3F)c3c2CCCCN3)CC1. The van der Waals surface area contributed by atoms with Crippen LogP contribution in [0.5, 0.6) is 0 Å². The van der Waals surface area contributed by atoms with Gasteiger partial charge in [0.15, 0.2) is 0 Å². The molecule has 0 aliphatic carbocycles. The van der Waals surface area contributed by atoms with Gasteiger partial charge in [-0.2, -0.15) is 5.10 Å². The highest BCUT2D eigenvalue weighted by atomic mass is 19.1. The lowest BCUT2D eigenvalue weighted by molar-refractivity contribution is 0.220. The molecule has 0 bridgehead atoms. The molecule has 1 aromatic carbocycles. The fraction of sp³-hybridized carbons (Fsp3) is 0.550. The summed E-state index contributed by atoms with van der Waals surface area (Å²) < 4.78 is 16.2. The number of hydrogen-bond donors (Lipinski definition) is 1. The molecule has 0 radical (unpaired) electrons. The van der Waals surface area contributed by atoms with Crippen LogP contribution in [0.25, 0.3) is 5.69 Å². The highest BCUT2D eigenvalue weighted by molar-refractivity contribution is 5.55. The lowest BCUT2D eigenvalue weighted by Gasteiger charge is -2.30. The zero-order valence-electron chi connectivity index (χ0n) is 15.0. The Morgan fingerprint density at radius 1 is 1.20 bits per heavy atom. The summed E-state index contributed by atoms with van der Waals surface area (Å²) in [6.45, 7) is 6.55. The number of benzene rings is 1. The van der Waals surface area contributed by atoms with Crippen LogP contribution in [0.15, 0.2) is 24.3 Å². The lowest BCUT2D eigenvalue weighted by Crippen LogP contribution is -2.33. The molecular weight excluding hydrogens is 315 g/mol. The number of anilines is 1. The largest absolute Gasteiger partial charge is 0.370 e. The lowest BCUT2D eigenvalue weighted by atomic mass is 9.90.